The van der Waals surface area contributed by atoms with Gasteiger partial charge in [0.15, 0.2) is 6.61 Å². The van der Waals surface area contributed by atoms with Crippen LogP contribution < -0.4 is 15.4 Å². The molecule has 0 fully saturated rings. The number of nitrogens with zero attached hydrogens (tertiary/aromatic N) is 1. The number of halogens is 1. The van der Waals surface area contributed by atoms with Gasteiger partial charge in [-0.1, -0.05) is 47.5 Å². The molecule has 3 aromatic rings. The molecule has 7 heteroatoms. The van der Waals surface area contributed by atoms with E-state index in [1.54, 1.807) is 30.3 Å². The summed E-state index contributed by atoms with van der Waals surface area (Å²) in [4.78, 5) is 24.7. The van der Waals surface area contributed by atoms with Crippen molar-refractivity contribution in [1.29, 1.82) is 5.26 Å². The first-order chi connectivity index (χ1) is 16.3. The normalized spacial score (nSPS) is 10.9. The van der Waals surface area contributed by atoms with Gasteiger partial charge in [-0.2, -0.15) is 5.26 Å². The fourth-order valence-electron chi connectivity index (χ4n) is 3.09. The highest BCUT2D eigenvalue weighted by Gasteiger charge is 2.12. The van der Waals surface area contributed by atoms with Gasteiger partial charge in [0.2, 0.25) is 0 Å². The van der Waals surface area contributed by atoms with Gasteiger partial charge in [0, 0.05) is 11.4 Å². The van der Waals surface area contributed by atoms with E-state index >= 15 is 0 Å². The molecule has 0 atom stereocenters. The van der Waals surface area contributed by atoms with Crippen LogP contribution in [0.25, 0.3) is 6.08 Å². The summed E-state index contributed by atoms with van der Waals surface area (Å²) >= 11 is 6.30. The van der Waals surface area contributed by atoms with Gasteiger partial charge in [-0.25, -0.2) is 0 Å². The molecule has 3 rings (SSSR count). The van der Waals surface area contributed by atoms with Crippen molar-refractivity contribution >= 4 is 40.9 Å². The Kier molecular flexibility index (Phi) is 8.07. The summed E-state index contributed by atoms with van der Waals surface area (Å²) in [5, 5.41) is 15.2. The molecule has 0 saturated heterocycles. The van der Waals surface area contributed by atoms with E-state index in [4.69, 9.17) is 16.3 Å². The van der Waals surface area contributed by atoms with Crippen LogP contribution in [-0.2, 0) is 9.59 Å². The second-order valence-corrected chi connectivity index (χ2v) is 8.17. The number of amides is 2. The van der Waals surface area contributed by atoms with Crippen molar-refractivity contribution < 1.29 is 14.3 Å². The SMILES string of the molecule is Cc1ccc(NC(=O)/C(C#N)=C\c2ccc(OCC(=O)Nc3cccc(C)c3C)c(Cl)c2)cc1. The van der Waals surface area contributed by atoms with Crippen LogP contribution in [0.5, 0.6) is 5.75 Å². The van der Waals surface area contributed by atoms with E-state index < -0.39 is 5.91 Å². The Hall–Kier alpha value is -4.08. The van der Waals surface area contributed by atoms with Gasteiger partial charge in [-0.3, -0.25) is 9.59 Å². The van der Waals surface area contributed by atoms with E-state index in [2.05, 4.69) is 10.6 Å². The van der Waals surface area contributed by atoms with Crippen molar-refractivity contribution in [1.82, 2.24) is 0 Å². The number of ether oxygens (including phenoxy) is 1. The Bertz CT molecular complexity index is 1290. The monoisotopic (exact) mass is 473 g/mol. The standard InChI is InChI=1S/C27H24ClN3O3/c1-17-7-10-22(11-8-17)30-27(33)21(15-29)13-20-9-12-25(23(28)14-20)34-16-26(32)31-24-6-4-5-18(2)19(24)3/h4-14H,16H2,1-3H3,(H,30,33)(H,31,32)/b21-13-. The van der Waals surface area contributed by atoms with E-state index in [1.807, 2.05) is 57.2 Å². The van der Waals surface area contributed by atoms with E-state index in [0.29, 0.717) is 17.0 Å². The molecule has 0 bridgehead atoms. The molecule has 0 saturated carbocycles. The minimum atomic E-state index is -0.522. The van der Waals surface area contributed by atoms with Crippen molar-refractivity contribution in [3.63, 3.8) is 0 Å². The molecule has 0 aliphatic rings. The Morgan fingerprint density at radius 1 is 1.03 bits per heavy atom. The lowest BCUT2D eigenvalue weighted by molar-refractivity contribution is -0.118. The maximum absolute atomic E-state index is 12.5. The molecule has 0 aliphatic heterocycles. The summed E-state index contributed by atoms with van der Waals surface area (Å²) in [7, 11) is 0. The van der Waals surface area contributed by atoms with Crippen LogP contribution in [0.2, 0.25) is 5.02 Å². The molecule has 172 valence electrons. The molecule has 3 aromatic carbocycles. The number of hydrogen-bond acceptors (Lipinski definition) is 4. The maximum Gasteiger partial charge on any atom is 0.266 e. The average Bonchev–Trinajstić information content (AvgIpc) is 2.81. The molecule has 6 nitrogen and oxygen atoms in total. The molecular formula is C27H24ClN3O3. The lowest BCUT2D eigenvalue weighted by Gasteiger charge is -2.12. The Morgan fingerprint density at radius 2 is 1.76 bits per heavy atom. The zero-order valence-corrected chi connectivity index (χ0v) is 19.9. The highest BCUT2D eigenvalue weighted by Crippen LogP contribution is 2.27. The zero-order valence-electron chi connectivity index (χ0n) is 19.1. The molecule has 0 heterocycles. The van der Waals surface area contributed by atoms with Crippen LogP contribution in [0.15, 0.2) is 66.2 Å². The highest BCUT2D eigenvalue weighted by molar-refractivity contribution is 6.32. The van der Waals surface area contributed by atoms with E-state index in [0.717, 1.165) is 22.4 Å². The third kappa shape index (κ3) is 6.47. The number of aryl methyl sites for hydroxylation is 2. The van der Waals surface area contributed by atoms with Crippen molar-refractivity contribution in [2.24, 2.45) is 0 Å². The average molecular weight is 474 g/mol. The van der Waals surface area contributed by atoms with Crippen molar-refractivity contribution in [2.45, 2.75) is 20.8 Å². The summed E-state index contributed by atoms with van der Waals surface area (Å²) in [6.45, 7) is 5.64. The summed E-state index contributed by atoms with van der Waals surface area (Å²) in [5.74, 6) is -0.517. The highest BCUT2D eigenvalue weighted by atomic mass is 35.5. The molecule has 0 spiro atoms. The van der Waals surface area contributed by atoms with Crippen LogP contribution in [0.3, 0.4) is 0 Å². The van der Waals surface area contributed by atoms with Crippen molar-refractivity contribution in [2.75, 3.05) is 17.2 Å². The molecule has 0 aromatic heterocycles. The largest absolute Gasteiger partial charge is 0.482 e. The molecule has 0 radical (unpaired) electrons. The maximum atomic E-state index is 12.5. The summed E-state index contributed by atoms with van der Waals surface area (Å²) in [6.07, 6.45) is 1.44. The van der Waals surface area contributed by atoms with Gasteiger partial charge in [-0.15, -0.1) is 0 Å². The van der Waals surface area contributed by atoms with Crippen LogP contribution in [0.4, 0.5) is 11.4 Å². The quantitative estimate of drug-likeness (QED) is 0.333. The van der Waals surface area contributed by atoms with E-state index in [9.17, 15) is 14.9 Å². The number of benzene rings is 3. The fraction of sp³-hybridized carbons (Fsp3) is 0.148. The number of hydrogen-bond donors (Lipinski definition) is 2. The van der Waals surface area contributed by atoms with Gasteiger partial charge < -0.3 is 15.4 Å². The lowest BCUT2D eigenvalue weighted by atomic mass is 10.1. The predicted molar refractivity (Wildman–Crippen MR) is 135 cm³/mol. The third-order valence-electron chi connectivity index (χ3n) is 5.18. The first kappa shape index (κ1) is 24.6. The fourth-order valence-corrected chi connectivity index (χ4v) is 3.33. The predicted octanol–water partition coefficient (Wildman–Crippen LogP) is 5.83. The van der Waals surface area contributed by atoms with Crippen LogP contribution in [0.1, 0.15) is 22.3 Å². The van der Waals surface area contributed by atoms with Crippen molar-refractivity contribution in [3.05, 3.63) is 93.5 Å². The smallest absolute Gasteiger partial charge is 0.266 e. The number of nitriles is 1. The van der Waals surface area contributed by atoms with Gasteiger partial charge >= 0.3 is 0 Å². The molecule has 0 aliphatic carbocycles. The second kappa shape index (κ2) is 11.2. The molecule has 34 heavy (non-hydrogen) atoms. The van der Waals surface area contributed by atoms with Gasteiger partial charge in [-0.05, 0) is 73.9 Å². The Labute approximate surface area is 203 Å². The van der Waals surface area contributed by atoms with Crippen molar-refractivity contribution in [3.8, 4) is 11.8 Å². The number of carbonyl (C=O) groups is 2. The Balaban J connectivity index is 1.64. The number of nitrogens with one attached hydrogen (secondary N) is 2. The summed E-state index contributed by atoms with van der Waals surface area (Å²) in [5.41, 5.74) is 4.94. The van der Waals surface area contributed by atoms with Gasteiger partial charge in [0.05, 0.1) is 5.02 Å². The second-order valence-electron chi connectivity index (χ2n) is 7.76. The molecule has 0 unspecified atom stereocenters. The van der Waals surface area contributed by atoms with Crippen LogP contribution >= 0.6 is 11.6 Å². The number of rotatable bonds is 7. The first-order valence-electron chi connectivity index (χ1n) is 10.5. The lowest BCUT2D eigenvalue weighted by Crippen LogP contribution is -2.20. The zero-order chi connectivity index (χ0) is 24.7. The molecule has 2 amide bonds. The van der Waals surface area contributed by atoms with Gasteiger partial charge in [0.25, 0.3) is 11.8 Å². The van der Waals surface area contributed by atoms with Crippen LogP contribution in [-0.4, -0.2) is 18.4 Å². The first-order valence-corrected chi connectivity index (χ1v) is 10.9. The molecular weight excluding hydrogens is 450 g/mol. The van der Waals surface area contributed by atoms with E-state index in [1.165, 1.54) is 6.08 Å². The minimum Gasteiger partial charge on any atom is -0.482 e. The summed E-state index contributed by atoms with van der Waals surface area (Å²) < 4.78 is 5.55. The number of anilines is 2. The minimum absolute atomic E-state index is 0.0711. The van der Waals surface area contributed by atoms with E-state index in [-0.39, 0.29) is 23.1 Å². The summed E-state index contributed by atoms with van der Waals surface area (Å²) in [6, 6.07) is 19.7. The van der Waals surface area contributed by atoms with Gasteiger partial charge in [0.1, 0.15) is 17.4 Å². The topological polar surface area (TPSA) is 91.2 Å². The molecule has 2 N–H and O–H groups in total. The number of carbonyl (C=O) groups excluding carboxylic acids is 2. The Morgan fingerprint density at radius 3 is 2.44 bits per heavy atom. The van der Waals surface area contributed by atoms with Crippen LogP contribution in [0, 0.1) is 32.1 Å². The third-order valence-corrected chi connectivity index (χ3v) is 5.47.